The maximum absolute atomic E-state index is 13.5. The van der Waals surface area contributed by atoms with E-state index in [0.29, 0.717) is 44.5 Å². The number of amides is 2. The highest BCUT2D eigenvalue weighted by molar-refractivity contribution is 6.04. The second-order valence-corrected chi connectivity index (χ2v) is 7.70. The molecular formula is C21H24FN3O3. The first-order chi connectivity index (χ1) is 13.4. The van der Waals surface area contributed by atoms with Crippen LogP contribution < -0.4 is 10.2 Å². The Kier molecular flexibility index (Phi) is 4.61. The van der Waals surface area contributed by atoms with Gasteiger partial charge in [0.25, 0.3) is 0 Å². The summed E-state index contributed by atoms with van der Waals surface area (Å²) >= 11 is 0. The fraction of sp³-hybridized carbons (Fsp3) is 0.429. The van der Waals surface area contributed by atoms with Crippen LogP contribution in [-0.4, -0.2) is 42.4 Å². The number of hydrogen-bond donors (Lipinski definition) is 1. The lowest BCUT2D eigenvalue weighted by Crippen LogP contribution is -2.59. The summed E-state index contributed by atoms with van der Waals surface area (Å²) in [5.74, 6) is 1.11. The van der Waals surface area contributed by atoms with Crippen LogP contribution in [0.4, 0.5) is 14.9 Å². The Balaban J connectivity index is 1.41. The molecule has 0 saturated carbocycles. The van der Waals surface area contributed by atoms with Gasteiger partial charge in [-0.05, 0) is 50.1 Å². The van der Waals surface area contributed by atoms with Gasteiger partial charge in [-0.3, -0.25) is 4.79 Å². The Hall–Kier alpha value is -2.83. The molecule has 0 unspecified atom stereocenters. The zero-order valence-electron chi connectivity index (χ0n) is 16.1. The molecule has 3 heterocycles. The van der Waals surface area contributed by atoms with Crippen molar-refractivity contribution in [2.45, 2.75) is 38.3 Å². The van der Waals surface area contributed by atoms with Gasteiger partial charge >= 0.3 is 6.03 Å². The van der Waals surface area contributed by atoms with Gasteiger partial charge in [0.1, 0.15) is 17.3 Å². The number of urea groups is 1. The number of rotatable bonds is 2. The summed E-state index contributed by atoms with van der Waals surface area (Å²) in [5.41, 5.74) is 0.891. The van der Waals surface area contributed by atoms with Crippen molar-refractivity contribution in [1.82, 2.24) is 10.2 Å². The number of nitrogens with zero attached hydrogens (tertiary/aromatic N) is 2. The number of carbonyl (C=O) groups is 2. The van der Waals surface area contributed by atoms with Gasteiger partial charge in [0.2, 0.25) is 0 Å². The molecule has 2 aliphatic heterocycles. The van der Waals surface area contributed by atoms with E-state index in [1.807, 2.05) is 26.1 Å². The molecular weight excluding hydrogens is 361 g/mol. The van der Waals surface area contributed by atoms with Crippen LogP contribution in [0.3, 0.4) is 0 Å². The van der Waals surface area contributed by atoms with Crippen LogP contribution in [0.5, 0.6) is 0 Å². The molecule has 2 aromatic rings. The normalized spacial score (nSPS) is 18.3. The number of aryl methyl sites for hydroxylation is 1. The monoisotopic (exact) mass is 385 g/mol. The highest BCUT2D eigenvalue weighted by Gasteiger charge is 2.45. The molecule has 1 fully saturated rings. The summed E-state index contributed by atoms with van der Waals surface area (Å²) in [7, 11) is 1.96. The van der Waals surface area contributed by atoms with E-state index in [1.54, 1.807) is 11.0 Å². The van der Waals surface area contributed by atoms with E-state index >= 15 is 0 Å². The molecule has 1 spiro atoms. The number of ketones is 1. The van der Waals surface area contributed by atoms with Gasteiger partial charge in [-0.25, -0.2) is 9.18 Å². The highest BCUT2D eigenvalue weighted by Crippen LogP contribution is 2.41. The predicted octanol–water partition coefficient (Wildman–Crippen LogP) is 3.49. The van der Waals surface area contributed by atoms with Gasteiger partial charge in [-0.1, -0.05) is 0 Å². The van der Waals surface area contributed by atoms with Crippen molar-refractivity contribution < 1.29 is 18.4 Å². The summed E-state index contributed by atoms with van der Waals surface area (Å²) in [6, 6.07) is 7.97. The number of halogens is 1. The number of anilines is 1. The van der Waals surface area contributed by atoms with Crippen LogP contribution in [0.2, 0.25) is 0 Å². The SMILES string of the molecule is Cc1ccc(CNC(=O)N2CCC3(CC2)CC(=O)c2cc(F)ccc2N3C)o1. The first kappa shape index (κ1) is 18.5. The third kappa shape index (κ3) is 3.25. The predicted molar refractivity (Wildman–Crippen MR) is 103 cm³/mol. The first-order valence-electron chi connectivity index (χ1n) is 9.53. The molecule has 1 aromatic carbocycles. The molecule has 2 aliphatic rings. The van der Waals surface area contributed by atoms with E-state index in [-0.39, 0.29) is 17.4 Å². The lowest BCUT2D eigenvalue weighted by atomic mass is 9.77. The maximum atomic E-state index is 13.5. The molecule has 0 bridgehead atoms. The minimum atomic E-state index is -0.394. The van der Waals surface area contributed by atoms with E-state index in [1.165, 1.54) is 12.1 Å². The van der Waals surface area contributed by atoms with Gasteiger partial charge in [-0.15, -0.1) is 0 Å². The number of piperidine rings is 1. The van der Waals surface area contributed by atoms with Gasteiger partial charge in [-0.2, -0.15) is 0 Å². The summed E-state index contributed by atoms with van der Waals surface area (Å²) in [5, 5.41) is 2.89. The van der Waals surface area contributed by atoms with Crippen LogP contribution >= 0.6 is 0 Å². The van der Waals surface area contributed by atoms with Crippen LogP contribution in [-0.2, 0) is 6.54 Å². The lowest BCUT2D eigenvalue weighted by molar-refractivity contribution is 0.0890. The zero-order valence-corrected chi connectivity index (χ0v) is 16.1. The summed E-state index contributed by atoms with van der Waals surface area (Å²) in [4.78, 5) is 29.0. The fourth-order valence-electron chi connectivity index (χ4n) is 4.29. The van der Waals surface area contributed by atoms with Crippen molar-refractivity contribution in [3.63, 3.8) is 0 Å². The van der Waals surface area contributed by atoms with Crippen molar-refractivity contribution in [3.05, 3.63) is 53.2 Å². The van der Waals surface area contributed by atoms with Crippen LogP contribution in [0, 0.1) is 12.7 Å². The van der Waals surface area contributed by atoms with E-state index < -0.39 is 5.82 Å². The van der Waals surface area contributed by atoms with Gasteiger partial charge < -0.3 is 19.5 Å². The highest BCUT2D eigenvalue weighted by atomic mass is 19.1. The van der Waals surface area contributed by atoms with Crippen molar-refractivity contribution in [1.29, 1.82) is 0 Å². The molecule has 0 atom stereocenters. The molecule has 7 heteroatoms. The smallest absolute Gasteiger partial charge is 0.317 e. The number of furan rings is 1. The summed E-state index contributed by atoms with van der Waals surface area (Å²) in [6.07, 6.45) is 1.74. The Morgan fingerprint density at radius 1 is 1.25 bits per heavy atom. The number of benzene rings is 1. The van der Waals surface area contributed by atoms with Crippen molar-refractivity contribution in [2.75, 3.05) is 25.0 Å². The molecule has 0 aliphatic carbocycles. The Bertz CT molecular complexity index is 915. The third-order valence-electron chi connectivity index (χ3n) is 6.01. The second kappa shape index (κ2) is 6.96. The van der Waals surface area contributed by atoms with E-state index in [2.05, 4.69) is 10.2 Å². The summed E-state index contributed by atoms with van der Waals surface area (Å²) in [6.45, 7) is 3.35. The third-order valence-corrected chi connectivity index (χ3v) is 6.01. The molecule has 6 nitrogen and oxygen atoms in total. The number of nitrogens with one attached hydrogen (secondary N) is 1. The van der Waals surface area contributed by atoms with Gasteiger partial charge in [0.15, 0.2) is 5.78 Å². The molecule has 4 rings (SSSR count). The molecule has 1 saturated heterocycles. The van der Waals surface area contributed by atoms with Crippen molar-refractivity contribution in [2.24, 2.45) is 0 Å². The Morgan fingerprint density at radius 2 is 2.00 bits per heavy atom. The molecule has 1 N–H and O–H groups in total. The van der Waals surface area contributed by atoms with E-state index in [0.717, 1.165) is 17.2 Å². The van der Waals surface area contributed by atoms with Crippen LogP contribution in [0.25, 0.3) is 0 Å². The Labute approximate surface area is 163 Å². The van der Waals surface area contributed by atoms with Crippen LogP contribution in [0.15, 0.2) is 34.7 Å². The standard InChI is InChI=1S/C21H24FN3O3/c1-14-3-5-16(28-14)13-23-20(27)25-9-7-21(8-10-25)12-19(26)17-11-15(22)4-6-18(17)24(21)2/h3-6,11H,7-10,12-13H2,1-2H3,(H,23,27). The van der Waals surface area contributed by atoms with Crippen molar-refractivity contribution in [3.8, 4) is 0 Å². The number of carbonyl (C=O) groups excluding carboxylic acids is 2. The largest absolute Gasteiger partial charge is 0.465 e. The minimum absolute atomic E-state index is 0.0290. The molecule has 0 radical (unpaired) electrons. The Morgan fingerprint density at radius 3 is 2.68 bits per heavy atom. The van der Waals surface area contributed by atoms with E-state index in [9.17, 15) is 14.0 Å². The van der Waals surface area contributed by atoms with Crippen molar-refractivity contribution >= 4 is 17.5 Å². The lowest BCUT2D eigenvalue weighted by Gasteiger charge is -2.50. The number of Topliss-reactive ketones (excluding diaryl/α,β-unsaturated/α-hetero) is 1. The fourth-order valence-corrected chi connectivity index (χ4v) is 4.29. The van der Waals surface area contributed by atoms with Gasteiger partial charge in [0, 0.05) is 37.8 Å². The number of likely N-dealkylation sites (tertiary alicyclic amines) is 1. The topological polar surface area (TPSA) is 65.8 Å². The second-order valence-electron chi connectivity index (χ2n) is 7.70. The van der Waals surface area contributed by atoms with Crippen LogP contribution in [0.1, 0.15) is 41.1 Å². The molecule has 2 amide bonds. The maximum Gasteiger partial charge on any atom is 0.317 e. The number of fused-ring (bicyclic) bond motifs is 1. The average Bonchev–Trinajstić information content (AvgIpc) is 3.10. The summed E-state index contributed by atoms with van der Waals surface area (Å²) < 4.78 is 19.0. The minimum Gasteiger partial charge on any atom is -0.465 e. The number of hydrogen-bond acceptors (Lipinski definition) is 4. The average molecular weight is 385 g/mol. The molecule has 148 valence electrons. The first-order valence-corrected chi connectivity index (χ1v) is 9.53. The zero-order chi connectivity index (χ0) is 19.9. The van der Waals surface area contributed by atoms with E-state index in [4.69, 9.17) is 4.42 Å². The van der Waals surface area contributed by atoms with Gasteiger partial charge in [0.05, 0.1) is 12.1 Å². The molecule has 28 heavy (non-hydrogen) atoms. The molecule has 1 aromatic heterocycles. The quantitative estimate of drug-likeness (QED) is 0.859.